The summed E-state index contributed by atoms with van der Waals surface area (Å²) in [6.45, 7) is 4.37. The molecular weight excluding hydrogens is 528 g/mol. The van der Waals surface area contributed by atoms with Crippen LogP contribution in [0.5, 0.6) is 0 Å². The van der Waals surface area contributed by atoms with Crippen LogP contribution in [-0.2, 0) is 12.8 Å². The van der Waals surface area contributed by atoms with Crippen LogP contribution in [0.3, 0.4) is 0 Å². The standard InChI is InChI=1S/C37H34N6/c1-3-9-24-13-17-26(18-14-24)34-31-32(37(43-34)33(39)30-12-6-8-22-41-30)35(27-19-15-25(10-4-2)16-20-27)42-36(31)28(23-38)29-11-5-7-21-40-29/h5-8,11-22,42-43H,3-4,9-10,39H2,1-2H3. The number of aryl methyl sites for hydroxylation is 2. The second-order valence-electron chi connectivity index (χ2n) is 10.7. The zero-order valence-corrected chi connectivity index (χ0v) is 24.5. The average Bonchev–Trinajstić information content (AvgIpc) is 3.63. The van der Waals surface area contributed by atoms with Gasteiger partial charge in [0.2, 0.25) is 0 Å². The number of aromatic nitrogens is 4. The Kier molecular flexibility index (Phi) is 7.88. The minimum Gasteiger partial charge on any atom is -0.395 e. The van der Waals surface area contributed by atoms with Crippen LogP contribution in [0.1, 0.15) is 49.2 Å². The third kappa shape index (κ3) is 5.33. The third-order valence-electron chi connectivity index (χ3n) is 7.81. The molecule has 2 aromatic carbocycles. The summed E-state index contributed by atoms with van der Waals surface area (Å²) in [5, 5.41) is 13.8. The van der Waals surface area contributed by atoms with E-state index in [4.69, 9.17) is 5.73 Å². The van der Waals surface area contributed by atoms with E-state index in [9.17, 15) is 5.26 Å². The van der Waals surface area contributed by atoms with Crippen molar-refractivity contribution in [2.45, 2.75) is 39.5 Å². The number of benzene rings is 2. The largest absolute Gasteiger partial charge is 0.395 e. The molecule has 0 aliphatic heterocycles. The van der Waals surface area contributed by atoms with Crippen LogP contribution in [0.4, 0.5) is 0 Å². The summed E-state index contributed by atoms with van der Waals surface area (Å²) in [6, 6.07) is 31.0. The van der Waals surface area contributed by atoms with Gasteiger partial charge in [-0.2, -0.15) is 5.26 Å². The van der Waals surface area contributed by atoms with Gasteiger partial charge in [0.15, 0.2) is 0 Å². The van der Waals surface area contributed by atoms with Gasteiger partial charge in [-0.25, -0.2) is 0 Å². The highest BCUT2D eigenvalue weighted by atomic mass is 14.8. The van der Waals surface area contributed by atoms with Crippen LogP contribution in [-0.4, -0.2) is 19.9 Å². The second-order valence-corrected chi connectivity index (χ2v) is 10.7. The van der Waals surface area contributed by atoms with E-state index < -0.39 is 0 Å². The van der Waals surface area contributed by atoms with Crippen molar-refractivity contribution in [2.75, 3.05) is 0 Å². The Balaban J connectivity index is 1.77. The summed E-state index contributed by atoms with van der Waals surface area (Å²) >= 11 is 0. The lowest BCUT2D eigenvalue weighted by atomic mass is 10.0. The molecule has 0 spiro atoms. The molecule has 0 saturated heterocycles. The number of nitrogens with one attached hydrogen (secondary N) is 2. The molecule has 43 heavy (non-hydrogen) atoms. The lowest BCUT2D eigenvalue weighted by Gasteiger charge is -2.05. The molecular formula is C37H34N6. The quantitative estimate of drug-likeness (QED) is 0.201. The Labute approximate surface area is 251 Å². The molecule has 0 bridgehead atoms. The Morgan fingerprint density at radius 1 is 0.674 bits per heavy atom. The summed E-state index contributed by atoms with van der Waals surface area (Å²) in [5.74, 6) is 0. The highest BCUT2D eigenvalue weighted by molar-refractivity contribution is 6.06. The molecule has 0 unspecified atom stereocenters. The van der Waals surface area contributed by atoms with Gasteiger partial charge in [-0.3, -0.25) is 9.97 Å². The number of hydrogen-bond acceptors (Lipinski definition) is 4. The summed E-state index contributed by atoms with van der Waals surface area (Å²) in [4.78, 5) is 16.4. The predicted molar refractivity (Wildman–Crippen MR) is 174 cm³/mol. The normalized spacial score (nSPS) is 12.7. The molecule has 0 atom stereocenters. The van der Waals surface area contributed by atoms with Crippen LogP contribution >= 0.6 is 0 Å². The SMILES string of the molecule is CCCc1ccc(-c2[nH]c(=C(C#N)c3ccccn3)c3c(-c4ccc(CCC)cc4)[nH]c(=C(N)c4ccccn4)c23)cc1. The zero-order chi connectivity index (χ0) is 29.8. The fourth-order valence-electron chi connectivity index (χ4n) is 5.73. The van der Waals surface area contributed by atoms with E-state index in [2.05, 4.69) is 88.4 Å². The average molecular weight is 563 g/mol. The number of hydrogen-bond donors (Lipinski definition) is 3. The number of fused-ring (bicyclic) bond motifs is 1. The Morgan fingerprint density at radius 3 is 1.63 bits per heavy atom. The molecule has 0 aliphatic carbocycles. The molecule has 6 aromatic rings. The highest BCUT2D eigenvalue weighted by Gasteiger charge is 2.22. The fraction of sp³-hybridized carbons (Fsp3) is 0.162. The first-order valence-corrected chi connectivity index (χ1v) is 14.8. The van der Waals surface area contributed by atoms with Gasteiger partial charge in [-0.1, -0.05) is 87.4 Å². The predicted octanol–water partition coefficient (Wildman–Crippen LogP) is 6.36. The van der Waals surface area contributed by atoms with E-state index in [1.54, 1.807) is 12.4 Å². The maximum absolute atomic E-state index is 10.5. The lowest BCUT2D eigenvalue weighted by Crippen LogP contribution is -2.17. The Hall–Kier alpha value is -5.41. The van der Waals surface area contributed by atoms with E-state index >= 15 is 0 Å². The minimum atomic E-state index is 0.463. The monoisotopic (exact) mass is 562 g/mol. The molecule has 0 fully saturated rings. The van der Waals surface area contributed by atoms with Gasteiger partial charge in [-0.15, -0.1) is 0 Å². The van der Waals surface area contributed by atoms with Crippen molar-refractivity contribution in [3.05, 3.63) is 131 Å². The van der Waals surface area contributed by atoms with Crippen molar-refractivity contribution in [2.24, 2.45) is 5.73 Å². The number of nitriles is 1. The van der Waals surface area contributed by atoms with Gasteiger partial charge in [0.1, 0.15) is 11.6 Å². The molecule has 6 heteroatoms. The number of nitrogens with two attached hydrogens (primary N) is 1. The first-order chi connectivity index (χ1) is 21.1. The molecule has 0 saturated carbocycles. The van der Waals surface area contributed by atoms with Gasteiger partial charge in [0.25, 0.3) is 0 Å². The van der Waals surface area contributed by atoms with Crippen molar-refractivity contribution in [3.63, 3.8) is 0 Å². The smallest absolute Gasteiger partial charge is 0.104 e. The van der Waals surface area contributed by atoms with E-state index in [0.717, 1.165) is 64.3 Å². The number of nitrogens with zero attached hydrogens (tertiary/aromatic N) is 3. The van der Waals surface area contributed by atoms with Crippen LogP contribution in [0.2, 0.25) is 0 Å². The van der Waals surface area contributed by atoms with E-state index in [1.165, 1.54) is 11.1 Å². The maximum atomic E-state index is 10.5. The topological polar surface area (TPSA) is 107 Å². The van der Waals surface area contributed by atoms with Gasteiger partial charge in [-0.05, 0) is 59.4 Å². The third-order valence-corrected chi connectivity index (χ3v) is 7.81. The van der Waals surface area contributed by atoms with Crippen molar-refractivity contribution in [1.29, 1.82) is 5.26 Å². The van der Waals surface area contributed by atoms with Crippen LogP contribution in [0.15, 0.2) is 97.3 Å². The molecule has 0 aliphatic rings. The summed E-state index contributed by atoms with van der Waals surface area (Å²) in [7, 11) is 0. The lowest BCUT2D eigenvalue weighted by molar-refractivity contribution is 0.922. The molecule has 4 aromatic heterocycles. The first kappa shape index (κ1) is 27.7. The van der Waals surface area contributed by atoms with Crippen molar-refractivity contribution in [1.82, 2.24) is 19.9 Å². The van der Waals surface area contributed by atoms with Gasteiger partial charge >= 0.3 is 0 Å². The van der Waals surface area contributed by atoms with E-state index in [-0.39, 0.29) is 0 Å². The zero-order valence-electron chi connectivity index (χ0n) is 24.5. The molecule has 4 heterocycles. The molecule has 4 N–H and O–H groups in total. The summed E-state index contributed by atoms with van der Waals surface area (Å²) in [6.07, 6.45) is 7.66. The van der Waals surface area contributed by atoms with Crippen LogP contribution in [0, 0.1) is 11.3 Å². The number of H-pyrrole nitrogens is 2. The number of pyridine rings is 2. The van der Waals surface area contributed by atoms with Gasteiger partial charge in [0, 0.05) is 23.2 Å². The van der Waals surface area contributed by atoms with Crippen LogP contribution < -0.4 is 16.4 Å². The molecule has 212 valence electrons. The van der Waals surface area contributed by atoms with Gasteiger partial charge < -0.3 is 15.7 Å². The Bertz CT molecular complexity index is 1980. The molecule has 6 nitrogen and oxygen atoms in total. The van der Waals surface area contributed by atoms with Crippen molar-refractivity contribution in [3.8, 4) is 28.6 Å². The van der Waals surface area contributed by atoms with E-state index in [1.807, 2.05) is 36.4 Å². The van der Waals surface area contributed by atoms with Crippen molar-refractivity contribution < 1.29 is 0 Å². The minimum absolute atomic E-state index is 0.463. The van der Waals surface area contributed by atoms with E-state index in [0.29, 0.717) is 28.0 Å². The Morgan fingerprint density at radius 2 is 1.16 bits per heavy atom. The molecule has 0 amide bonds. The maximum Gasteiger partial charge on any atom is 0.104 e. The van der Waals surface area contributed by atoms with Crippen LogP contribution in [0.25, 0.3) is 44.6 Å². The second kappa shape index (κ2) is 12.2. The highest BCUT2D eigenvalue weighted by Crippen LogP contribution is 2.32. The van der Waals surface area contributed by atoms with Crippen molar-refractivity contribution >= 4 is 22.0 Å². The summed E-state index contributed by atoms with van der Waals surface area (Å²) < 4.78 is 0. The first-order valence-electron chi connectivity index (χ1n) is 14.8. The van der Waals surface area contributed by atoms with Gasteiger partial charge in [0.05, 0.1) is 39.2 Å². The number of aromatic amines is 2. The molecule has 0 radical (unpaired) electrons. The molecule has 6 rings (SSSR count). The summed E-state index contributed by atoms with van der Waals surface area (Å²) in [5.41, 5.74) is 15.5. The number of rotatable bonds is 8. The fourth-order valence-corrected chi connectivity index (χ4v) is 5.73.